The SMILES string of the molecule is Cc1c(NC(=O)c2ccc(C(C)(C)C)cc2)cccc1-c1cn(C)c(=O)c(Nc2ccc(N3CCCC(C(N)=O)C3)cc2)n1. The zero-order chi connectivity index (χ0) is 31.6. The summed E-state index contributed by atoms with van der Waals surface area (Å²) in [6.45, 7) is 9.81. The third kappa shape index (κ3) is 6.67. The summed E-state index contributed by atoms with van der Waals surface area (Å²) in [7, 11) is 1.69. The molecule has 1 saturated heterocycles. The van der Waals surface area contributed by atoms with Crippen LogP contribution in [0.15, 0.2) is 77.7 Å². The van der Waals surface area contributed by atoms with E-state index in [4.69, 9.17) is 10.7 Å². The number of carbonyl (C=O) groups excluding carboxylic acids is 2. The van der Waals surface area contributed by atoms with Crippen molar-refractivity contribution in [1.29, 1.82) is 0 Å². The van der Waals surface area contributed by atoms with E-state index in [1.54, 1.807) is 13.2 Å². The highest BCUT2D eigenvalue weighted by Crippen LogP contribution is 2.30. The summed E-state index contributed by atoms with van der Waals surface area (Å²) in [5.74, 6) is -0.410. The topological polar surface area (TPSA) is 122 Å². The van der Waals surface area contributed by atoms with E-state index in [-0.39, 0.29) is 34.5 Å². The van der Waals surface area contributed by atoms with Gasteiger partial charge in [-0.25, -0.2) is 4.98 Å². The number of piperidine rings is 1. The van der Waals surface area contributed by atoms with Crippen molar-refractivity contribution in [3.8, 4) is 11.3 Å². The highest BCUT2D eigenvalue weighted by Gasteiger charge is 2.24. The summed E-state index contributed by atoms with van der Waals surface area (Å²) in [6, 6.07) is 21.0. The van der Waals surface area contributed by atoms with Crippen molar-refractivity contribution in [2.45, 2.75) is 46.0 Å². The second-order valence-electron chi connectivity index (χ2n) is 12.5. The van der Waals surface area contributed by atoms with Crippen molar-refractivity contribution < 1.29 is 9.59 Å². The number of aryl methyl sites for hydroxylation is 1. The molecule has 1 unspecified atom stereocenters. The van der Waals surface area contributed by atoms with E-state index in [2.05, 4.69) is 36.3 Å². The second kappa shape index (κ2) is 12.4. The first-order valence-corrected chi connectivity index (χ1v) is 14.9. The van der Waals surface area contributed by atoms with Gasteiger partial charge in [0.15, 0.2) is 5.82 Å². The first-order chi connectivity index (χ1) is 20.9. The van der Waals surface area contributed by atoms with E-state index in [0.717, 1.165) is 41.8 Å². The lowest BCUT2D eigenvalue weighted by molar-refractivity contribution is -0.122. The molecule has 1 fully saturated rings. The number of primary amides is 1. The van der Waals surface area contributed by atoms with Gasteiger partial charge in [-0.2, -0.15) is 0 Å². The maximum Gasteiger partial charge on any atom is 0.293 e. The zero-order valence-electron chi connectivity index (χ0n) is 26.0. The molecule has 4 aromatic rings. The fourth-order valence-electron chi connectivity index (χ4n) is 5.52. The average Bonchev–Trinajstić information content (AvgIpc) is 3.00. The third-order valence-electron chi connectivity index (χ3n) is 8.26. The predicted molar refractivity (Wildman–Crippen MR) is 177 cm³/mol. The van der Waals surface area contributed by atoms with Crippen LogP contribution in [0.25, 0.3) is 11.3 Å². The lowest BCUT2D eigenvalue weighted by Gasteiger charge is -2.33. The Morgan fingerprint density at radius 3 is 2.36 bits per heavy atom. The fraction of sp³-hybridized carbons (Fsp3) is 0.314. The molecule has 228 valence electrons. The first kappa shape index (κ1) is 30.5. The highest BCUT2D eigenvalue weighted by molar-refractivity contribution is 6.05. The first-order valence-electron chi connectivity index (χ1n) is 14.9. The smallest absolute Gasteiger partial charge is 0.293 e. The van der Waals surface area contributed by atoms with Crippen LogP contribution in [0.5, 0.6) is 0 Å². The van der Waals surface area contributed by atoms with Crippen LogP contribution in [0.1, 0.15) is 55.1 Å². The number of nitrogens with two attached hydrogens (primary N) is 1. The molecule has 0 saturated carbocycles. The van der Waals surface area contributed by atoms with Crippen molar-refractivity contribution >= 4 is 34.7 Å². The van der Waals surface area contributed by atoms with Gasteiger partial charge in [0.2, 0.25) is 5.91 Å². The van der Waals surface area contributed by atoms with Gasteiger partial charge in [-0.1, -0.05) is 45.0 Å². The molecule has 44 heavy (non-hydrogen) atoms. The molecule has 9 nitrogen and oxygen atoms in total. The molecule has 0 aliphatic carbocycles. The number of rotatable bonds is 7. The zero-order valence-corrected chi connectivity index (χ0v) is 26.0. The van der Waals surface area contributed by atoms with E-state index in [1.165, 1.54) is 4.57 Å². The van der Waals surface area contributed by atoms with Crippen molar-refractivity contribution in [2.24, 2.45) is 18.7 Å². The number of benzene rings is 3. The number of nitrogens with zero attached hydrogens (tertiary/aromatic N) is 3. The van der Waals surface area contributed by atoms with E-state index < -0.39 is 0 Å². The number of amides is 2. The summed E-state index contributed by atoms with van der Waals surface area (Å²) in [4.78, 5) is 44.7. The number of nitrogens with one attached hydrogen (secondary N) is 2. The molecule has 9 heteroatoms. The van der Waals surface area contributed by atoms with Gasteiger partial charge in [0, 0.05) is 54.5 Å². The Morgan fingerprint density at radius 2 is 1.70 bits per heavy atom. The maximum atomic E-state index is 13.1. The minimum absolute atomic E-state index is 0.00423. The Labute approximate surface area is 258 Å². The number of hydrogen-bond acceptors (Lipinski definition) is 6. The molecule has 0 radical (unpaired) electrons. The van der Waals surface area contributed by atoms with Crippen LogP contribution < -0.4 is 26.8 Å². The van der Waals surface area contributed by atoms with Crippen LogP contribution in [-0.2, 0) is 17.3 Å². The maximum absolute atomic E-state index is 13.1. The van der Waals surface area contributed by atoms with Crippen LogP contribution in [0.3, 0.4) is 0 Å². The standard InChI is InChI=1S/C35H40N6O3/c1-22-28(9-6-10-29(22)39-33(43)23-11-13-25(14-12-23)35(2,3)4)30-21-40(5)34(44)32(38-30)37-26-15-17-27(18-16-26)41-19-7-8-24(20-41)31(36)42/h6,9-18,21,24H,7-8,19-20H2,1-5H3,(H2,36,42)(H,37,38)(H,39,43). The summed E-state index contributed by atoms with van der Waals surface area (Å²) in [5.41, 5.74) is 11.6. The second-order valence-corrected chi connectivity index (χ2v) is 12.5. The quantitative estimate of drug-likeness (QED) is 0.251. The van der Waals surface area contributed by atoms with Gasteiger partial charge in [-0.15, -0.1) is 0 Å². The Kier molecular flexibility index (Phi) is 8.58. The predicted octanol–water partition coefficient (Wildman–Crippen LogP) is 5.75. The average molecular weight is 593 g/mol. The molecule has 5 rings (SSSR count). The molecule has 0 spiro atoms. The van der Waals surface area contributed by atoms with E-state index in [0.29, 0.717) is 29.2 Å². The van der Waals surface area contributed by atoms with Gasteiger partial charge in [0.25, 0.3) is 11.5 Å². The molecule has 0 bridgehead atoms. The number of hydrogen-bond donors (Lipinski definition) is 3. The number of aromatic nitrogens is 2. The van der Waals surface area contributed by atoms with Crippen molar-refractivity contribution in [3.63, 3.8) is 0 Å². The number of carbonyl (C=O) groups is 2. The van der Waals surface area contributed by atoms with E-state index in [1.807, 2.05) is 73.7 Å². The molecular weight excluding hydrogens is 552 g/mol. The summed E-state index contributed by atoms with van der Waals surface area (Å²) in [5, 5.41) is 6.21. The van der Waals surface area contributed by atoms with Gasteiger partial charge >= 0.3 is 0 Å². The Bertz CT molecular complexity index is 1740. The minimum atomic E-state index is -0.265. The summed E-state index contributed by atoms with van der Waals surface area (Å²) < 4.78 is 1.50. The summed E-state index contributed by atoms with van der Waals surface area (Å²) in [6.07, 6.45) is 3.42. The van der Waals surface area contributed by atoms with Crippen LogP contribution in [0.4, 0.5) is 22.9 Å². The largest absolute Gasteiger partial charge is 0.371 e. The van der Waals surface area contributed by atoms with E-state index >= 15 is 0 Å². The van der Waals surface area contributed by atoms with Crippen LogP contribution in [-0.4, -0.2) is 34.5 Å². The Balaban J connectivity index is 1.35. The minimum Gasteiger partial charge on any atom is -0.371 e. The molecule has 2 amide bonds. The Hall–Kier alpha value is -4.92. The monoisotopic (exact) mass is 592 g/mol. The Morgan fingerprint density at radius 1 is 1.00 bits per heavy atom. The van der Waals surface area contributed by atoms with Gasteiger partial charge in [-0.3, -0.25) is 14.4 Å². The molecule has 1 aliphatic rings. The molecule has 3 aromatic carbocycles. The normalized spacial score (nSPS) is 15.1. The van der Waals surface area contributed by atoms with Crippen LogP contribution in [0, 0.1) is 12.8 Å². The van der Waals surface area contributed by atoms with E-state index in [9.17, 15) is 14.4 Å². The molecule has 1 aliphatic heterocycles. The lowest BCUT2D eigenvalue weighted by Crippen LogP contribution is -2.41. The van der Waals surface area contributed by atoms with Gasteiger partial charge in [0.1, 0.15) is 0 Å². The molecule has 4 N–H and O–H groups in total. The number of anilines is 4. The van der Waals surface area contributed by atoms with Crippen LogP contribution >= 0.6 is 0 Å². The van der Waals surface area contributed by atoms with Gasteiger partial charge < -0.3 is 25.8 Å². The highest BCUT2D eigenvalue weighted by atomic mass is 16.2. The van der Waals surface area contributed by atoms with Gasteiger partial charge in [-0.05, 0) is 78.8 Å². The fourth-order valence-corrected chi connectivity index (χ4v) is 5.52. The van der Waals surface area contributed by atoms with Gasteiger partial charge in [0.05, 0.1) is 11.6 Å². The van der Waals surface area contributed by atoms with Crippen molar-refractivity contribution in [1.82, 2.24) is 9.55 Å². The third-order valence-corrected chi connectivity index (χ3v) is 8.26. The molecule has 2 heterocycles. The molecule has 1 aromatic heterocycles. The lowest BCUT2D eigenvalue weighted by atomic mass is 9.86. The van der Waals surface area contributed by atoms with Crippen LogP contribution in [0.2, 0.25) is 0 Å². The molecular formula is C35H40N6O3. The van der Waals surface area contributed by atoms with Crippen molar-refractivity contribution in [3.05, 3.63) is 100.0 Å². The molecule has 1 atom stereocenters. The summed E-state index contributed by atoms with van der Waals surface area (Å²) >= 11 is 0. The van der Waals surface area contributed by atoms with Crippen molar-refractivity contribution in [2.75, 3.05) is 28.6 Å².